The lowest BCUT2D eigenvalue weighted by Gasteiger charge is -2.10. The Kier molecular flexibility index (Phi) is 4.73. The molecule has 4 nitrogen and oxygen atoms in total. The summed E-state index contributed by atoms with van der Waals surface area (Å²) in [6.45, 7) is 1.97. The van der Waals surface area contributed by atoms with Crippen LogP contribution < -0.4 is 10.1 Å². The SMILES string of the molecule is COc1ccc(C)cc1NC(=O)Cc1csc(-c2ccsc2)n1. The van der Waals surface area contributed by atoms with Gasteiger partial charge in [0.25, 0.3) is 0 Å². The van der Waals surface area contributed by atoms with Crippen LogP contribution in [0.4, 0.5) is 5.69 Å². The van der Waals surface area contributed by atoms with Gasteiger partial charge >= 0.3 is 0 Å². The third-order valence-electron chi connectivity index (χ3n) is 3.29. The van der Waals surface area contributed by atoms with Crippen LogP contribution in [0.1, 0.15) is 11.3 Å². The summed E-state index contributed by atoms with van der Waals surface area (Å²) in [4.78, 5) is 16.8. The number of carbonyl (C=O) groups excluding carboxylic acids is 1. The van der Waals surface area contributed by atoms with Crippen molar-refractivity contribution in [3.05, 3.63) is 51.7 Å². The van der Waals surface area contributed by atoms with E-state index in [9.17, 15) is 4.79 Å². The number of methoxy groups -OCH3 is 1. The van der Waals surface area contributed by atoms with E-state index in [1.165, 1.54) is 0 Å². The van der Waals surface area contributed by atoms with E-state index in [4.69, 9.17) is 4.74 Å². The van der Waals surface area contributed by atoms with Gasteiger partial charge in [0.2, 0.25) is 5.91 Å². The van der Waals surface area contributed by atoms with Crippen LogP contribution in [-0.4, -0.2) is 18.0 Å². The van der Waals surface area contributed by atoms with Crippen molar-refractivity contribution < 1.29 is 9.53 Å². The number of rotatable bonds is 5. The van der Waals surface area contributed by atoms with E-state index in [2.05, 4.69) is 15.7 Å². The van der Waals surface area contributed by atoms with Crippen molar-refractivity contribution in [3.8, 4) is 16.3 Å². The second-order valence-electron chi connectivity index (χ2n) is 5.08. The number of nitrogens with one attached hydrogen (secondary N) is 1. The van der Waals surface area contributed by atoms with Crippen molar-refractivity contribution in [1.29, 1.82) is 0 Å². The van der Waals surface area contributed by atoms with E-state index in [1.54, 1.807) is 29.8 Å². The number of nitrogens with zero attached hydrogens (tertiary/aromatic N) is 1. The molecule has 3 aromatic rings. The molecule has 0 saturated carbocycles. The van der Waals surface area contributed by atoms with Gasteiger partial charge in [0.1, 0.15) is 10.8 Å². The molecule has 3 rings (SSSR count). The first-order valence-electron chi connectivity index (χ1n) is 7.07. The largest absolute Gasteiger partial charge is 0.495 e. The van der Waals surface area contributed by atoms with Gasteiger partial charge in [0.05, 0.1) is 24.9 Å². The molecule has 0 bridgehead atoms. The van der Waals surface area contributed by atoms with Crippen molar-refractivity contribution in [2.75, 3.05) is 12.4 Å². The standard InChI is InChI=1S/C17H16N2O2S2/c1-11-3-4-15(21-2)14(7-11)19-16(20)8-13-10-23-17(18-13)12-5-6-22-9-12/h3-7,9-10H,8H2,1-2H3,(H,19,20). The summed E-state index contributed by atoms with van der Waals surface area (Å²) in [7, 11) is 1.59. The van der Waals surface area contributed by atoms with Gasteiger partial charge in [-0.1, -0.05) is 6.07 Å². The van der Waals surface area contributed by atoms with Crippen LogP contribution in [0.15, 0.2) is 40.4 Å². The average molecular weight is 344 g/mol. The van der Waals surface area contributed by atoms with Crippen LogP contribution in [0, 0.1) is 6.92 Å². The molecular formula is C17H16N2O2S2. The number of benzene rings is 1. The number of aryl methyl sites for hydroxylation is 1. The molecule has 6 heteroatoms. The second kappa shape index (κ2) is 6.93. The number of hydrogen-bond donors (Lipinski definition) is 1. The molecule has 0 spiro atoms. The lowest BCUT2D eigenvalue weighted by molar-refractivity contribution is -0.115. The van der Waals surface area contributed by atoms with E-state index in [0.29, 0.717) is 11.4 Å². The van der Waals surface area contributed by atoms with Gasteiger partial charge in [0, 0.05) is 16.3 Å². The molecule has 1 amide bonds. The Balaban J connectivity index is 1.69. The minimum absolute atomic E-state index is 0.101. The Hall–Kier alpha value is -2.18. The number of amides is 1. The Bertz CT molecular complexity index is 810. The topological polar surface area (TPSA) is 51.2 Å². The molecule has 1 N–H and O–H groups in total. The maximum atomic E-state index is 12.3. The van der Waals surface area contributed by atoms with Gasteiger partial charge in [-0.25, -0.2) is 4.98 Å². The summed E-state index contributed by atoms with van der Waals surface area (Å²) in [6, 6.07) is 7.73. The van der Waals surface area contributed by atoms with Gasteiger partial charge in [-0.05, 0) is 36.1 Å². The normalized spacial score (nSPS) is 10.5. The lowest BCUT2D eigenvalue weighted by atomic mass is 10.2. The quantitative estimate of drug-likeness (QED) is 0.748. The number of hydrogen-bond acceptors (Lipinski definition) is 5. The van der Waals surface area contributed by atoms with Gasteiger partial charge in [-0.2, -0.15) is 11.3 Å². The van der Waals surface area contributed by atoms with E-state index in [0.717, 1.165) is 21.8 Å². The predicted molar refractivity (Wildman–Crippen MR) is 95.5 cm³/mol. The highest BCUT2D eigenvalue weighted by atomic mass is 32.1. The van der Waals surface area contributed by atoms with E-state index < -0.39 is 0 Å². The Morgan fingerprint density at radius 1 is 1.30 bits per heavy atom. The molecule has 0 aliphatic carbocycles. The van der Waals surface area contributed by atoms with Crippen LogP contribution in [-0.2, 0) is 11.2 Å². The van der Waals surface area contributed by atoms with Gasteiger partial charge < -0.3 is 10.1 Å². The van der Waals surface area contributed by atoms with Crippen LogP contribution >= 0.6 is 22.7 Å². The summed E-state index contributed by atoms with van der Waals surface area (Å²) in [5.41, 5.74) is 3.63. The van der Waals surface area contributed by atoms with Crippen LogP contribution in [0.3, 0.4) is 0 Å². The zero-order valence-electron chi connectivity index (χ0n) is 12.8. The zero-order valence-corrected chi connectivity index (χ0v) is 14.5. The molecule has 2 heterocycles. The highest BCUT2D eigenvalue weighted by Crippen LogP contribution is 2.27. The van der Waals surface area contributed by atoms with Crippen LogP contribution in [0.25, 0.3) is 10.6 Å². The highest BCUT2D eigenvalue weighted by Gasteiger charge is 2.12. The second-order valence-corrected chi connectivity index (χ2v) is 6.72. The number of anilines is 1. The molecule has 0 atom stereocenters. The van der Waals surface area contributed by atoms with E-state index in [-0.39, 0.29) is 12.3 Å². The molecule has 0 aliphatic rings. The minimum atomic E-state index is -0.101. The van der Waals surface area contributed by atoms with Crippen molar-refractivity contribution >= 4 is 34.3 Å². The molecule has 0 unspecified atom stereocenters. The number of thiazole rings is 1. The summed E-state index contributed by atoms with van der Waals surface area (Å²) < 4.78 is 5.28. The first kappa shape index (κ1) is 15.7. The fourth-order valence-electron chi connectivity index (χ4n) is 2.19. The summed E-state index contributed by atoms with van der Waals surface area (Å²) >= 11 is 3.19. The number of ether oxygens (including phenoxy) is 1. The van der Waals surface area contributed by atoms with Gasteiger partial charge in [-0.3, -0.25) is 4.79 Å². The number of carbonyl (C=O) groups is 1. The van der Waals surface area contributed by atoms with E-state index in [1.807, 2.05) is 41.9 Å². The number of aromatic nitrogens is 1. The average Bonchev–Trinajstić information content (AvgIpc) is 3.18. The van der Waals surface area contributed by atoms with Crippen LogP contribution in [0.5, 0.6) is 5.75 Å². The summed E-state index contributed by atoms with van der Waals surface area (Å²) in [6.07, 6.45) is 0.248. The molecule has 118 valence electrons. The fourth-order valence-corrected chi connectivity index (χ4v) is 3.72. The smallest absolute Gasteiger partial charge is 0.230 e. The maximum absolute atomic E-state index is 12.3. The maximum Gasteiger partial charge on any atom is 0.230 e. The van der Waals surface area contributed by atoms with Crippen molar-refractivity contribution in [3.63, 3.8) is 0 Å². The molecule has 0 aliphatic heterocycles. The molecule has 0 saturated heterocycles. The Morgan fingerprint density at radius 3 is 2.91 bits per heavy atom. The molecule has 0 radical (unpaired) electrons. The number of thiophene rings is 1. The predicted octanol–water partition coefficient (Wildman–Crippen LogP) is 4.37. The molecular weight excluding hydrogens is 328 g/mol. The molecule has 23 heavy (non-hydrogen) atoms. The first-order chi connectivity index (χ1) is 11.2. The molecule has 0 fully saturated rings. The third-order valence-corrected chi connectivity index (χ3v) is 4.91. The molecule has 1 aromatic carbocycles. The van der Waals surface area contributed by atoms with E-state index >= 15 is 0 Å². The zero-order chi connectivity index (χ0) is 16.2. The highest BCUT2D eigenvalue weighted by molar-refractivity contribution is 7.14. The summed E-state index contributed by atoms with van der Waals surface area (Å²) in [5, 5.41) is 9.85. The first-order valence-corrected chi connectivity index (χ1v) is 8.89. The lowest BCUT2D eigenvalue weighted by Crippen LogP contribution is -2.15. The van der Waals surface area contributed by atoms with Gasteiger partial charge in [0.15, 0.2) is 0 Å². The van der Waals surface area contributed by atoms with Crippen molar-refractivity contribution in [2.45, 2.75) is 13.3 Å². The van der Waals surface area contributed by atoms with Crippen LogP contribution in [0.2, 0.25) is 0 Å². The minimum Gasteiger partial charge on any atom is -0.495 e. The monoisotopic (exact) mass is 344 g/mol. The van der Waals surface area contributed by atoms with Crippen molar-refractivity contribution in [2.24, 2.45) is 0 Å². The molecule has 2 aromatic heterocycles. The van der Waals surface area contributed by atoms with Crippen molar-refractivity contribution in [1.82, 2.24) is 4.98 Å². The fraction of sp³-hybridized carbons (Fsp3) is 0.176. The Morgan fingerprint density at radius 2 is 2.17 bits per heavy atom. The summed E-state index contributed by atoms with van der Waals surface area (Å²) in [5.74, 6) is 0.553. The third kappa shape index (κ3) is 3.78. The Labute approximate surface area is 142 Å². The van der Waals surface area contributed by atoms with Gasteiger partial charge in [-0.15, -0.1) is 11.3 Å².